The second-order valence-corrected chi connectivity index (χ2v) is 6.10. The number of carboxylic acids is 2. The lowest BCUT2D eigenvalue weighted by atomic mass is 10.2. The number of para-hydroxylation sites is 3. The van der Waals surface area contributed by atoms with Gasteiger partial charge in [0.15, 0.2) is 0 Å². The fourth-order valence-electron chi connectivity index (χ4n) is 2.42. The smallest absolute Gasteiger partial charge is 0.347 e. The van der Waals surface area contributed by atoms with Gasteiger partial charge in [-0.15, -0.1) is 0 Å². The minimum Gasteiger partial charge on any atom is -0.507 e. The Balaban J connectivity index is 0.000000244. The number of carboxylic acid groups (broad SMARTS) is 2. The molecule has 3 rings (SSSR count). The van der Waals surface area contributed by atoms with Crippen molar-refractivity contribution in [3.63, 3.8) is 0 Å². The summed E-state index contributed by atoms with van der Waals surface area (Å²) < 4.78 is 9.68. The van der Waals surface area contributed by atoms with Crippen molar-refractivity contribution in [1.29, 1.82) is 0 Å². The van der Waals surface area contributed by atoms with E-state index in [1.165, 1.54) is 49.4 Å². The molecule has 32 heavy (non-hydrogen) atoms. The Labute approximate surface area is 182 Å². The largest absolute Gasteiger partial charge is 0.507 e. The Morgan fingerprint density at radius 3 is 1.47 bits per heavy atom. The van der Waals surface area contributed by atoms with Crippen LogP contribution >= 0.6 is 0 Å². The van der Waals surface area contributed by atoms with Crippen molar-refractivity contribution < 1.29 is 44.0 Å². The first-order valence-electron chi connectivity index (χ1n) is 9.04. The molecule has 0 bridgehead atoms. The number of esters is 2. The number of rotatable bonds is 5. The number of carbonyl (C=O) groups excluding carboxylic acids is 2. The summed E-state index contributed by atoms with van der Waals surface area (Å²) in [6.45, 7) is 1.22. The van der Waals surface area contributed by atoms with E-state index in [9.17, 15) is 24.3 Å². The Bertz CT molecular complexity index is 1150. The summed E-state index contributed by atoms with van der Waals surface area (Å²) in [6.07, 6.45) is 0. The van der Waals surface area contributed by atoms with Gasteiger partial charge in [-0.25, -0.2) is 14.4 Å². The summed E-state index contributed by atoms with van der Waals surface area (Å²) in [5.74, 6) is -3.87. The molecule has 9 heteroatoms. The molecule has 0 radical (unpaired) electrons. The molecule has 3 N–H and O–H groups in total. The molecular formula is C23H18O9. The molecule has 0 fully saturated rings. The van der Waals surface area contributed by atoms with Gasteiger partial charge in [-0.05, 0) is 36.4 Å². The zero-order valence-corrected chi connectivity index (χ0v) is 16.7. The van der Waals surface area contributed by atoms with Gasteiger partial charge in [0.2, 0.25) is 0 Å². The van der Waals surface area contributed by atoms with E-state index in [4.69, 9.17) is 14.9 Å². The maximum atomic E-state index is 11.8. The number of phenols is 1. The first-order chi connectivity index (χ1) is 15.2. The summed E-state index contributed by atoms with van der Waals surface area (Å²) in [6, 6.07) is 17.6. The van der Waals surface area contributed by atoms with Crippen molar-refractivity contribution in [2.75, 3.05) is 0 Å². The second kappa shape index (κ2) is 10.9. The zero-order valence-electron chi connectivity index (χ0n) is 16.7. The number of ether oxygens (including phenoxy) is 2. The molecule has 0 amide bonds. The predicted molar refractivity (Wildman–Crippen MR) is 111 cm³/mol. The van der Waals surface area contributed by atoms with E-state index < -0.39 is 23.9 Å². The Kier molecular flexibility index (Phi) is 8.07. The highest BCUT2D eigenvalue weighted by atomic mass is 16.5. The number of benzene rings is 3. The number of aromatic hydroxyl groups is 1. The molecule has 0 unspecified atom stereocenters. The second-order valence-electron chi connectivity index (χ2n) is 6.10. The fourth-order valence-corrected chi connectivity index (χ4v) is 2.42. The topological polar surface area (TPSA) is 147 Å². The van der Waals surface area contributed by atoms with Crippen LogP contribution < -0.4 is 9.47 Å². The van der Waals surface area contributed by atoms with Crippen molar-refractivity contribution >= 4 is 23.9 Å². The van der Waals surface area contributed by atoms with E-state index >= 15 is 0 Å². The summed E-state index contributed by atoms with van der Waals surface area (Å²) in [5.41, 5.74) is -0.160. The van der Waals surface area contributed by atoms with Gasteiger partial charge >= 0.3 is 23.9 Å². The van der Waals surface area contributed by atoms with Gasteiger partial charge in [0, 0.05) is 6.92 Å². The molecule has 0 saturated heterocycles. The number of hydrogen-bond acceptors (Lipinski definition) is 7. The minimum absolute atomic E-state index is 0.0160. The van der Waals surface area contributed by atoms with Gasteiger partial charge in [-0.3, -0.25) is 4.79 Å². The fraction of sp³-hybridized carbons (Fsp3) is 0.0435. The van der Waals surface area contributed by atoms with Crippen LogP contribution in [0.25, 0.3) is 0 Å². The quantitative estimate of drug-likeness (QED) is 0.401. The van der Waals surface area contributed by atoms with Gasteiger partial charge in [0.05, 0.1) is 0 Å². The van der Waals surface area contributed by atoms with Crippen LogP contribution in [0, 0.1) is 0 Å². The number of aromatic carboxylic acids is 2. The number of carbonyl (C=O) groups is 4. The molecule has 0 aliphatic rings. The van der Waals surface area contributed by atoms with Crippen LogP contribution in [0.4, 0.5) is 0 Å². The molecule has 0 aliphatic carbocycles. The molecule has 0 aromatic heterocycles. The number of phenolic OH excluding ortho intramolecular Hbond substituents is 1. The highest BCUT2D eigenvalue weighted by molar-refractivity contribution is 5.96. The van der Waals surface area contributed by atoms with E-state index in [1.54, 1.807) is 30.3 Å². The third-order valence-electron chi connectivity index (χ3n) is 3.82. The van der Waals surface area contributed by atoms with E-state index in [0.29, 0.717) is 0 Å². The summed E-state index contributed by atoms with van der Waals surface area (Å²) in [4.78, 5) is 44.0. The van der Waals surface area contributed by atoms with Gasteiger partial charge in [0.1, 0.15) is 33.9 Å². The first-order valence-corrected chi connectivity index (χ1v) is 9.04. The van der Waals surface area contributed by atoms with Crippen LogP contribution in [0.1, 0.15) is 38.0 Å². The summed E-state index contributed by atoms with van der Waals surface area (Å²) in [7, 11) is 0. The average Bonchev–Trinajstić information content (AvgIpc) is 2.74. The molecule has 0 atom stereocenters. The lowest BCUT2D eigenvalue weighted by molar-refractivity contribution is -0.131. The minimum atomic E-state index is -1.19. The van der Waals surface area contributed by atoms with Crippen molar-refractivity contribution in [2.45, 2.75) is 6.92 Å². The van der Waals surface area contributed by atoms with E-state index in [-0.39, 0.29) is 33.9 Å². The third kappa shape index (κ3) is 6.42. The monoisotopic (exact) mass is 438 g/mol. The highest BCUT2D eigenvalue weighted by Crippen LogP contribution is 2.22. The Morgan fingerprint density at radius 2 is 1.03 bits per heavy atom. The average molecular weight is 438 g/mol. The van der Waals surface area contributed by atoms with Crippen molar-refractivity contribution in [3.8, 4) is 17.2 Å². The Hall–Kier alpha value is -4.66. The maximum Gasteiger partial charge on any atom is 0.347 e. The molecule has 0 spiro atoms. The molecule has 3 aromatic rings. The summed E-state index contributed by atoms with van der Waals surface area (Å²) >= 11 is 0. The summed E-state index contributed by atoms with van der Waals surface area (Å²) in [5, 5.41) is 27.2. The van der Waals surface area contributed by atoms with Gasteiger partial charge in [0.25, 0.3) is 0 Å². The van der Waals surface area contributed by atoms with Crippen LogP contribution in [0.15, 0.2) is 72.8 Å². The molecule has 0 aliphatic heterocycles. The normalized spacial score (nSPS) is 9.66. The Morgan fingerprint density at radius 1 is 0.625 bits per heavy atom. The third-order valence-corrected chi connectivity index (χ3v) is 3.82. The molecular weight excluding hydrogens is 420 g/mol. The molecule has 164 valence electrons. The predicted octanol–water partition coefficient (Wildman–Crippen LogP) is 3.62. The highest BCUT2D eigenvalue weighted by Gasteiger charge is 2.17. The van der Waals surface area contributed by atoms with Crippen LogP contribution in [0.5, 0.6) is 17.2 Å². The van der Waals surface area contributed by atoms with Crippen molar-refractivity contribution in [3.05, 3.63) is 89.5 Å². The molecule has 9 nitrogen and oxygen atoms in total. The lowest BCUT2D eigenvalue weighted by Gasteiger charge is -2.07. The van der Waals surface area contributed by atoms with Crippen LogP contribution in [-0.4, -0.2) is 39.2 Å². The molecule has 0 heterocycles. The van der Waals surface area contributed by atoms with Crippen molar-refractivity contribution in [2.24, 2.45) is 0 Å². The lowest BCUT2D eigenvalue weighted by Crippen LogP contribution is -2.11. The standard InChI is InChI=1S/C14H10O5.C9H8O4/c15-11-7-3-1-5-9(11)14(18)19-12-8-4-2-6-10(12)13(16)17;1-6(10)13-8-5-3-2-4-7(8)9(11)12/h1-8,15H,(H,16,17);2-5H,1H3,(H,11,12). The van der Waals surface area contributed by atoms with E-state index in [0.717, 1.165) is 0 Å². The van der Waals surface area contributed by atoms with Crippen LogP contribution in [0.3, 0.4) is 0 Å². The number of hydrogen-bond donors (Lipinski definition) is 3. The van der Waals surface area contributed by atoms with Crippen LogP contribution in [0.2, 0.25) is 0 Å². The SMILES string of the molecule is CC(=O)Oc1ccccc1C(=O)O.O=C(Oc1ccccc1C(=O)O)c1ccccc1O. The van der Waals surface area contributed by atoms with E-state index in [2.05, 4.69) is 4.74 Å². The molecule has 3 aromatic carbocycles. The van der Waals surface area contributed by atoms with E-state index in [1.807, 2.05) is 0 Å². The zero-order chi connectivity index (χ0) is 23.7. The van der Waals surface area contributed by atoms with Gasteiger partial charge in [-0.2, -0.15) is 0 Å². The first kappa shape index (κ1) is 23.6. The van der Waals surface area contributed by atoms with Crippen molar-refractivity contribution in [1.82, 2.24) is 0 Å². The molecule has 0 saturated carbocycles. The van der Waals surface area contributed by atoms with Gasteiger partial charge < -0.3 is 24.8 Å². The maximum absolute atomic E-state index is 11.8. The van der Waals surface area contributed by atoms with Crippen LogP contribution in [-0.2, 0) is 4.79 Å². The van der Waals surface area contributed by atoms with Gasteiger partial charge in [-0.1, -0.05) is 36.4 Å².